The summed E-state index contributed by atoms with van der Waals surface area (Å²) in [5.74, 6) is 1.72. The van der Waals surface area contributed by atoms with Crippen molar-refractivity contribution in [3.8, 4) is 11.5 Å². The number of methoxy groups -OCH3 is 1. The van der Waals surface area contributed by atoms with E-state index in [1.165, 1.54) is 11.3 Å². The van der Waals surface area contributed by atoms with Gasteiger partial charge in [-0.1, -0.05) is 12.1 Å². The zero-order valence-corrected chi connectivity index (χ0v) is 20.1. The van der Waals surface area contributed by atoms with Crippen molar-refractivity contribution in [2.24, 2.45) is 0 Å². The number of unbranched alkanes of at least 4 members (excludes halogenated alkanes) is 1. The van der Waals surface area contributed by atoms with E-state index < -0.39 is 0 Å². The fourth-order valence-electron chi connectivity index (χ4n) is 5.25. The third kappa shape index (κ3) is 4.92. The second-order valence-electron chi connectivity index (χ2n) is 9.27. The van der Waals surface area contributed by atoms with Gasteiger partial charge in [-0.25, -0.2) is 4.79 Å². The summed E-state index contributed by atoms with van der Waals surface area (Å²) in [5.41, 5.74) is 3.71. The zero-order valence-electron chi connectivity index (χ0n) is 20.1. The van der Waals surface area contributed by atoms with E-state index in [4.69, 9.17) is 13.9 Å². The molecule has 0 atom stereocenters. The smallest absolute Gasteiger partial charge is 0.339 e. The molecule has 6 nitrogen and oxygen atoms in total. The van der Waals surface area contributed by atoms with Gasteiger partial charge in [-0.2, -0.15) is 0 Å². The normalized spacial score (nSPS) is 16.4. The van der Waals surface area contributed by atoms with Crippen LogP contribution in [0.15, 0.2) is 51.7 Å². The summed E-state index contributed by atoms with van der Waals surface area (Å²) in [5, 5.41) is 1.06. The summed E-state index contributed by atoms with van der Waals surface area (Å²) in [4.78, 5) is 17.3. The van der Waals surface area contributed by atoms with E-state index in [-0.39, 0.29) is 5.63 Å². The lowest BCUT2D eigenvalue weighted by Gasteiger charge is -2.36. The fourth-order valence-corrected chi connectivity index (χ4v) is 5.25. The van der Waals surface area contributed by atoms with Crippen LogP contribution in [0.1, 0.15) is 36.8 Å². The van der Waals surface area contributed by atoms with Crippen LogP contribution in [0.25, 0.3) is 11.0 Å². The molecule has 0 radical (unpaired) electrons. The maximum atomic E-state index is 12.4. The second kappa shape index (κ2) is 10.5. The minimum Gasteiger partial charge on any atom is -0.495 e. The summed E-state index contributed by atoms with van der Waals surface area (Å²) >= 11 is 0. The molecular weight excluding hydrogens is 428 g/mol. The molecule has 0 N–H and O–H groups in total. The van der Waals surface area contributed by atoms with E-state index in [1.807, 2.05) is 24.3 Å². The van der Waals surface area contributed by atoms with Crippen molar-refractivity contribution in [1.82, 2.24) is 4.90 Å². The highest BCUT2D eigenvalue weighted by molar-refractivity contribution is 5.82. The van der Waals surface area contributed by atoms with E-state index in [2.05, 4.69) is 28.0 Å². The van der Waals surface area contributed by atoms with E-state index in [9.17, 15) is 4.79 Å². The number of hydrogen-bond acceptors (Lipinski definition) is 6. The van der Waals surface area contributed by atoms with Crippen LogP contribution in [-0.4, -0.2) is 51.3 Å². The van der Waals surface area contributed by atoms with Crippen LogP contribution in [-0.2, 0) is 12.8 Å². The molecule has 2 aliphatic rings. The third-order valence-electron chi connectivity index (χ3n) is 7.13. The highest BCUT2D eigenvalue weighted by atomic mass is 16.5. The Labute approximate surface area is 201 Å². The molecule has 1 aliphatic heterocycles. The van der Waals surface area contributed by atoms with Crippen LogP contribution in [0.3, 0.4) is 0 Å². The molecule has 1 aromatic heterocycles. The number of hydrogen-bond donors (Lipinski definition) is 0. The molecule has 180 valence electrons. The van der Waals surface area contributed by atoms with Gasteiger partial charge in [0.05, 0.1) is 19.4 Å². The highest BCUT2D eigenvalue weighted by Gasteiger charge is 2.20. The predicted molar refractivity (Wildman–Crippen MR) is 136 cm³/mol. The molecule has 6 heteroatoms. The summed E-state index contributed by atoms with van der Waals surface area (Å²) in [7, 11) is 1.73. The maximum absolute atomic E-state index is 12.4. The minimum atomic E-state index is -0.176. The van der Waals surface area contributed by atoms with Crippen molar-refractivity contribution in [2.75, 3.05) is 51.3 Å². The first-order valence-corrected chi connectivity index (χ1v) is 12.5. The predicted octanol–water partition coefficient (Wildman–Crippen LogP) is 4.66. The van der Waals surface area contributed by atoms with Crippen LogP contribution in [0.2, 0.25) is 0 Å². The van der Waals surface area contributed by atoms with E-state index in [1.54, 1.807) is 7.11 Å². The number of nitrogens with zero attached hydrogens (tertiary/aromatic N) is 2. The first-order valence-electron chi connectivity index (χ1n) is 12.5. The number of fused-ring (bicyclic) bond motifs is 3. The topological polar surface area (TPSA) is 55.2 Å². The van der Waals surface area contributed by atoms with Crippen LogP contribution >= 0.6 is 0 Å². The van der Waals surface area contributed by atoms with Crippen LogP contribution < -0.4 is 20.0 Å². The molecule has 34 heavy (non-hydrogen) atoms. The van der Waals surface area contributed by atoms with Gasteiger partial charge in [-0.05, 0) is 74.9 Å². The van der Waals surface area contributed by atoms with Crippen molar-refractivity contribution in [3.05, 3.63) is 64.0 Å². The molecule has 0 bridgehead atoms. The molecule has 2 heterocycles. The molecule has 0 amide bonds. The highest BCUT2D eigenvalue weighted by Crippen LogP contribution is 2.30. The lowest BCUT2D eigenvalue weighted by atomic mass is 9.91. The van der Waals surface area contributed by atoms with E-state index in [0.29, 0.717) is 12.2 Å². The Hall–Kier alpha value is -2.99. The van der Waals surface area contributed by atoms with Crippen molar-refractivity contribution in [1.29, 1.82) is 0 Å². The summed E-state index contributed by atoms with van der Waals surface area (Å²) in [6.45, 7) is 5.91. The molecule has 3 aromatic rings. The first kappa shape index (κ1) is 22.8. The molecule has 2 aromatic carbocycles. The quantitative estimate of drug-likeness (QED) is 0.358. The first-order chi connectivity index (χ1) is 16.7. The molecule has 0 spiro atoms. The van der Waals surface area contributed by atoms with Crippen molar-refractivity contribution >= 4 is 16.7 Å². The van der Waals surface area contributed by atoms with Gasteiger partial charge >= 0.3 is 5.63 Å². The van der Waals surface area contributed by atoms with Crippen molar-refractivity contribution in [3.63, 3.8) is 0 Å². The molecular formula is C28H34N2O4. The van der Waals surface area contributed by atoms with Gasteiger partial charge < -0.3 is 18.8 Å². The summed E-state index contributed by atoms with van der Waals surface area (Å²) < 4.78 is 17.1. The second-order valence-corrected chi connectivity index (χ2v) is 9.27. The fraction of sp³-hybridized carbons (Fsp3) is 0.464. The van der Waals surface area contributed by atoms with Gasteiger partial charge in [0.2, 0.25) is 0 Å². The number of aryl methyl sites for hydroxylation is 1. The lowest BCUT2D eigenvalue weighted by molar-refractivity contribution is 0.238. The summed E-state index contributed by atoms with van der Waals surface area (Å²) in [6.07, 6.45) is 6.11. The van der Waals surface area contributed by atoms with Gasteiger partial charge in [0.15, 0.2) is 0 Å². The Kier molecular flexibility index (Phi) is 7.05. The lowest BCUT2D eigenvalue weighted by Crippen LogP contribution is -2.46. The molecule has 1 fully saturated rings. The average Bonchev–Trinajstić information content (AvgIpc) is 2.89. The Balaban J connectivity index is 1.07. The number of para-hydroxylation sites is 2. The molecule has 0 unspecified atom stereocenters. The molecule has 5 rings (SSSR count). The third-order valence-corrected chi connectivity index (χ3v) is 7.13. The minimum absolute atomic E-state index is 0.176. The molecule has 0 saturated carbocycles. The summed E-state index contributed by atoms with van der Waals surface area (Å²) in [6, 6.07) is 14.2. The van der Waals surface area contributed by atoms with Crippen molar-refractivity contribution < 1.29 is 13.9 Å². The maximum Gasteiger partial charge on any atom is 0.339 e. The number of piperazine rings is 1. The largest absolute Gasteiger partial charge is 0.495 e. The molecule has 1 aliphatic carbocycles. The van der Waals surface area contributed by atoms with Gasteiger partial charge in [0.1, 0.15) is 17.1 Å². The Morgan fingerprint density at radius 3 is 2.56 bits per heavy atom. The van der Waals surface area contributed by atoms with E-state index in [0.717, 1.165) is 93.7 Å². The van der Waals surface area contributed by atoms with Gasteiger partial charge in [0.25, 0.3) is 0 Å². The monoisotopic (exact) mass is 462 g/mol. The number of benzene rings is 2. The number of ether oxygens (including phenoxy) is 2. The average molecular weight is 463 g/mol. The molecule has 1 saturated heterocycles. The van der Waals surface area contributed by atoms with Crippen LogP contribution in [0.5, 0.6) is 11.5 Å². The SMILES string of the molecule is COc1ccccc1N1CCN(CCCCOc2ccc3c4c(c(=O)oc3c2)CCCC4)CC1. The number of rotatable bonds is 8. The van der Waals surface area contributed by atoms with Crippen LogP contribution in [0, 0.1) is 0 Å². The Bertz CT molecular complexity index is 1180. The zero-order chi connectivity index (χ0) is 23.3. The van der Waals surface area contributed by atoms with Gasteiger partial charge in [-0.15, -0.1) is 0 Å². The van der Waals surface area contributed by atoms with Gasteiger partial charge in [-0.3, -0.25) is 4.90 Å². The van der Waals surface area contributed by atoms with Crippen molar-refractivity contribution in [2.45, 2.75) is 38.5 Å². The Morgan fingerprint density at radius 1 is 0.941 bits per heavy atom. The standard InChI is InChI=1S/C28H34N2O4/c1-32-26-11-5-4-10-25(26)30-17-15-29(16-18-30)14-6-7-19-33-21-12-13-23-22-8-2-3-9-24(22)28(31)34-27(23)20-21/h4-5,10-13,20H,2-3,6-9,14-19H2,1H3. The van der Waals surface area contributed by atoms with E-state index >= 15 is 0 Å². The Morgan fingerprint density at radius 2 is 1.74 bits per heavy atom. The van der Waals surface area contributed by atoms with Gasteiger partial charge in [0, 0.05) is 43.2 Å². The van der Waals surface area contributed by atoms with Crippen LogP contribution in [0.4, 0.5) is 5.69 Å². The number of anilines is 1.